The van der Waals surface area contributed by atoms with E-state index < -0.39 is 0 Å². The van der Waals surface area contributed by atoms with E-state index in [1.807, 2.05) is 42.2 Å². The van der Waals surface area contributed by atoms with E-state index in [2.05, 4.69) is 6.07 Å². The van der Waals surface area contributed by atoms with Crippen LogP contribution in [0.5, 0.6) is 0 Å². The Balaban J connectivity index is 2.90. The summed E-state index contributed by atoms with van der Waals surface area (Å²) in [4.78, 5) is 15.5. The zero-order valence-corrected chi connectivity index (χ0v) is 11.8. The van der Waals surface area contributed by atoms with Crippen LogP contribution >= 0.6 is 0 Å². The number of hydrogen-bond acceptors (Lipinski definition) is 3. The molecule has 4 heteroatoms. The van der Waals surface area contributed by atoms with Crippen molar-refractivity contribution in [2.45, 2.75) is 19.4 Å². The highest BCUT2D eigenvalue weighted by Crippen LogP contribution is 2.23. The van der Waals surface area contributed by atoms with E-state index in [-0.39, 0.29) is 11.9 Å². The summed E-state index contributed by atoms with van der Waals surface area (Å²) >= 11 is 0. The van der Waals surface area contributed by atoms with Gasteiger partial charge in [-0.2, -0.15) is 5.26 Å². The smallest absolute Gasteiger partial charge is 0.236 e. The molecule has 0 aliphatic heterocycles. The minimum Gasteiger partial charge on any atom is -0.348 e. The van der Waals surface area contributed by atoms with E-state index in [9.17, 15) is 4.79 Å². The molecule has 0 aliphatic rings. The summed E-state index contributed by atoms with van der Waals surface area (Å²) in [7, 11) is 3.50. The van der Waals surface area contributed by atoms with E-state index in [4.69, 9.17) is 5.26 Å². The van der Waals surface area contributed by atoms with Gasteiger partial charge in [-0.05, 0) is 12.1 Å². The van der Waals surface area contributed by atoms with E-state index in [0.29, 0.717) is 13.0 Å². The van der Waals surface area contributed by atoms with Gasteiger partial charge in [0, 0.05) is 20.1 Å². The monoisotopic (exact) mass is 259 g/mol. The fraction of sp³-hybridized carbons (Fsp3) is 0.467. The molecule has 0 radical (unpaired) electrons. The SMILES string of the molecule is CCN(CC(=O)N(C)C)C(CC#N)c1ccccc1. The van der Waals surface area contributed by atoms with E-state index in [1.54, 1.807) is 19.0 Å². The Hall–Kier alpha value is -1.86. The minimum atomic E-state index is -0.0277. The first kappa shape index (κ1) is 15.2. The second-order valence-corrected chi connectivity index (χ2v) is 4.64. The average Bonchev–Trinajstić information content (AvgIpc) is 2.43. The summed E-state index contributed by atoms with van der Waals surface area (Å²) in [6.07, 6.45) is 0.387. The van der Waals surface area contributed by atoms with Crippen molar-refractivity contribution in [2.75, 3.05) is 27.2 Å². The lowest BCUT2D eigenvalue weighted by Gasteiger charge is -2.29. The van der Waals surface area contributed by atoms with Crippen LogP contribution in [0.15, 0.2) is 30.3 Å². The largest absolute Gasteiger partial charge is 0.348 e. The van der Waals surface area contributed by atoms with Crippen LogP contribution < -0.4 is 0 Å². The molecule has 0 aliphatic carbocycles. The highest BCUT2D eigenvalue weighted by molar-refractivity contribution is 5.77. The van der Waals surface area contributed by atoms with Crippen molar-refractivity contribution in [2.24, 2.45) is 0 Å². The lowest BCUT2D eigenvalue weighted by molar-refractivity contribution is -0.130. The predicted molar refractivity (Wildman–Crippen MR) is 75.4 cm³/mol. The number of carbonyl (C=O) groups is 1. The molecule has 1 atom stereocenters. The zero-order valence-electron chi connectivity index (χ0n) is 11.8. The number of amides is 1. The van der Waals surface area contributed by atoms with Crippen LogP contribution in [0.25, 0.3) is 0 Å². The highest BCUT2D eigenvalue weighted by atomic mass is 16.2. The van der Waals surface area contributed by atoms with Crippen LogP contribution in [-0.4, -0.2) is 42.9 Å². The van der Waals surface area contributed by atoms with Crippen molar-refractivity contribution in [1.29, 1.82) is 5.26 Å². The van der Waals surface area contributed by atoms with Crippen molar-refractivity contribution in [1.82, 2.24) is 9.80 Å². The minimum absolute atomic E-state index is 0.0277. The molecule has 1 aromatic carbocycles. The van der Waals surface area contributed by atoms with Gasteiger partial charge in [0.05, 0.1) is 19.0 Å². The number of rotatable bonds is 6. The Labute approximate surface area is 115 Å². The third-order valence-corrected chi connectivity index (χ3v) is 3.15. The molecule has 1 unspecified atom stereocenters. The fourth-order valence-corrected chi connectivity index (χ4v) is 1.98. The average molecular weight is 259 g/mol. The predicted octanol–water partition coefficient (Wildman–Crippen LogP) is 2.05. The van der Waals surface area contributed by atoms with Gasteiger partial charge in [0.25, 0.3) is 0 Å². The normalized spacial score (nSPS) is 11.9. The van der Waals surface area contributed by atoms with E-state index in [1.165, 1.54) is 0 Å². The van der Waals surface area contributed by atoms with E-state index in [0.717, 1.165) is 12.1 Å². The molecule has 1 aromatic rings. The summed E-state index contributed by atoms with van der Waals surface area (Å²) in [6.45, 7) is 3.09. The van der Waals surface area contributed by atoms with Gasteiger partial charge in [0.1, 0.15) is 0 Å². The number of benzene rings is 1. The van der Waals surface area contributed by atoms with Crippen LogP contribution in [0, 0.1) is 11.3 Å². The molecule has 0 fully saturated rings. The number of likely N-dealkylation sites (N-methyl/N-ethyl adjacent to an activating group) is 2. The van der Waals surface area contributed by atoms with Crippen LogP contribution in [-0.2, 0) is 4.79 Å². The van der Waals surface area contributed by atoms with Gasteiger partial charge in [0.2, 0.25) is 5.91 Å². The summed E-state index contributed by atoms with van der Waals surface area (Å²) in [6, 6.07) is 12.1. The molecular formula is C15H21N3O. The second kappa shape index (κ2) is 7.55. The van der Waals surface area contributed by atoms with Crippen LogP contribution in [0.1, 0.15) is 24.9 Å². The maximum absolute atomic E-state index is 11.9. The molecule has 19 heavy (non-hydrogen) atoms. The third kappa shape index (κ3) is 4.38. The molecule has 1 amide bonds. The van der Waals surface area contributed by atoms with Gasteiger partial charge in [-0.1, -0.05) is 37.3 Å². The number of nitriles is 1. The molecule has 1 rings (SSSR count). The number of hydrogen-bond donors (Lipinski definition) is 0. The summed E-state index contributed by atoms with van der Waals surface area (Å²) in [5.74, 6) is 0.0562. The number of nitrogens with zero attached hydrogens (tertiary/aromatic N) is 3. The Morgan fingerprint density at radius 3 is 2.42 bits per heavy atom. The van der Waals surface area contributed by atoms with Crippen molar-refractivity contribution in [3.05, 3.63) is 35.9 Å². The molecule has 0 saturated heterocycles. The topological polar surface area (TPSA) is 47.3 Å². The van der Waals surface area contributed by atoms with Gasteiger partial charge < -0.3 is 4.90 Å². The summed E-state index contributed by atoms with van der Waals surface area (Å²) in [5.41, 5.74) is 1.08. The lowest BCUT2D eigenvalue weighted by atomic mass is 10.0. The van der Waals surface area contributed by atoms with Crippen LogP contribution in [0.4, 0.5) is 0 Å². The van der Waals surface area contributed by atoms with Crippen molar-refractivity contribution < 1.29 is 4.79 Å². The van der Waals surface area contributed by atoms with Crippen molar-refractivity contribution >= 4 is 5.91 Å². The molecule has 4 nitrogen and oxygen atoms in total. The Morgan fingerprint density at radius 2 is 1.95 bits per heavy atom. The standard InChI is InChI=1S/C15H21N3O/c1-4-18(12-15(19)17(2)3)14(10-11-16)13-8-6-5-7-9-13/h5-9,14H,4,10,12H2,1-3H3. The van der Waals surface area contributed by atoms with Crippen LogP contribution in [0.2, 0.25) is 0 Å². The molecule has 0 aromatic heterocycles. The van der Waals surface area contributed by atoms with Gasteiger partial charge in [-0.25, -0.2) is 0 Å². The summed E-state index contributed by atoms with van der Waals surface area (Å²) in [5, 5.41) is 9.01. The fourth-order valence-electron chi connectivity index (χ4n) is 1.98. The van der Waals surface area contributed by atoms with Crippen LogP contribution in [0.3, 0.4) is 0 Å². The van der Waals surface area contributed by atoms with Crippen molar-refractivity contribution in [3.8, 4) is 6.07 Å². The van der Waals surface area contributed by atoms with Gasteiger partial charge in [-0.15, -0.1) is 0 Å². The maximum atomic E-state index is 11.9. The molecule has 0 bridgehead atoms. The first-order valence-corrected chi connectivity index (χ1v) is 6.46. The second-order valence-electron chi connectivity index (χ2n) is 4.64. The first-order chi connectivity index (χ1) is 9.10. The molecule has 0 spiro atoms. The van der Waals surface area contributed by atoms with Gasteiger partial charge in [-0.3, -0.25) is 9.69 Å². The van der Waals surface area contributed by atoms with Gasteiger partial charge >= 0.3 is 0 Å². The Morgan fingerprint density at radius 1 is 1.32 bits per heavy atom. The highest BCUT2D eigenvalue weighted by Gasteiger charge is 2.21. The zero-order chi connectivity index (χ0) is 14.3. The number of carbonyl (C=O) groups excluding carboxylic acids is 1. The third-order valence-electron chi connectivity index (χ3n) is 3.15. The Kier molecular flexibility index (Phi) is 6.04. The molecular weight excluding hydrogens is 238 g/mol. The molecule has 102 valence electrons. The van der Waals surface area contributed by atoms with Crippen molar-refractivity contribution in [3.63, 3.8) is 0 Å². The Bertz CT molecular complexity index is 436. The molecule has 0 saturated carbocycles. The molecule has 0 N–H and O–H groups in total. The first-order valence-electron chi connectivity index (χ1n) is 6.46. The lowest BCUT2D eigenvalue weighted by Crippen LogP contribution is -2.38. The quantitative estimate of drug-likeness (QED) is 0.785. The maximum Gasteiger partial charge on any atom is 0.236 e. The molecule has 0 heterocycles. The van der Waals surface area contributed by atoms with Gasteiger partial charge in [0.15, 0.2) is 0 Å². The summed E-state index contributed by atoms with van der Waals surface area (Å²) < 4.78 is 0. The van der Waals surface area contributed by atoms with E-state index >= 15 is 0 Å².